The molecule has 4 heteroatoms. The highest BCUT2D eigenvalue weighted by Gasteiger charge is 2.25. The molecular weight excluding hydrogens is 257 g/mol. The molecule has 2 rings (SSSR count). The molecular formula is C16H22FNO2. The topological polar surface area (TPSA) is 40.5 Å². The van der Waals surface area contributed by atoms with Gasteiger partial charge < -0.3 is 10.0 Å². The van der Waals surface area contributed by atoms with Gasteiger partial charge in [0.2, 0.25) is 0 Å². The summed E-state index contributed by atoms with van der Waals surface area (Å²) in [4.78, 5) is 13.9. The maximum atomic E-state index is 13.7. The number of carbonyl (C=O) groups is 1. The Balaban J connectivity index is 2.45. The predicted octanol–water partition coefficient (Wildman–Crippen LogP) is 3.08. The van der Waals surface area contributed by atoms with Crippen molar-refractivity contribution in [3.63, 3.8) is 0 Å². The molecule has 0 aliphatic heterocycles. The van der Waals surface area contributed by atoms with Crippen molar-refractivity contribution in [2.24, 2.45) is 0 Å². The van der Waals surface area contributed by atoms with Crippen LogP contribution < -0.4 is 4.90 Å². The first-order chi connectivity index (χ1) is 9.54. The normalized spacial score (nSPS) is 15.6. The van der Waals surface area contributed by atoms with Crippen LogP contribution in [0.3, 0.4) is 0 Å². The number of halogens is 1. The van der Waals surface area contributed by atoms with Crippen molar-refractivity contribution in [3.05, 3.63) is 29.1 Å². The van der Waals surface area contributed by atoms with Crippen molar-refractivity contribution in [1.29, 1.82) is 0 Å². The third-order valence-corrected chi connectivity index (χ3v) is 4.07. The molecule has 0 aromatic heterocycles. The summed E-state index contributed by atoms with van der Waals surface area (Å²) in [6, 6.07) is 3.40. The minimum atomic E-state index is -0.352. The van der Waals surface area contributed by atoms with Crippen LogP contribution in [-0.2, 0) is 0 Å². The number of hydrogen-bond acceptors (Lipinski definition) is 3. The van der Waals surface area contributed by atoms with E-state index in [1.54, 1.807) is 13.0 Å². The first-order valence-electron chi connectivity index (χ1n) is 7.23. The number of aliphatic hydroxyl groups is 1. The zero-order valence-electron chi connectivity index (χ0n) is 12.2. The summed E-state index contributed by atoms with van der Waals surface area (Å²) < 4.78 is 13.7. The molecule has 0 heterocycles. The molecule has 0 unspecified atom stereocenters. The summed E-state index contributed by atoms with van der Waals surface area (Å²) >= 11 is 0. The van der Waals surface area contributed by atoms with Crippen molar-refractivity contribution in [1.82, 2.24) is 0 Å². The van der Waals surface area contributed by atoms with Gasteiger partial charge in [-0.25, -0.2) is 4.39 Å². The number of nitrogens with zero attached hydrogens (tertiary/aromatic N) is 1. The second kappa shape index (κ2) is 6.35. The lowest BCUT2D eigenvalue weighted by Gasteiger charge is -2.32. The third-order valence-electron chi connectivity index (χ3n) is 4.07. The summed E-state index contributed by atoms with van der Waals surface area (Å²) in [6.07, 6.45) is 4.46. The highest BCUT2D eigenvalue weighted by Crippen LogP contribution is 2.32. The molecule has 0 atom stereocenters. The SMILES string of the molecule is CC(=O)c1cc(F)c(C)cc1N(CCO)C1CCCC1. The molecule has 1 aromatic carbocycles. The monoisotopic (exact) mass is 279 g/mol. The first kappa shape index (κ1) is 15.0. The molecule has 110 valence electrons. The van der Waals surface area contributed by atoms with Crippen molar-refractivity contribution in [3.8, 4) is 0 Å². The molecule has 1 saturated carbocycles. The van der Waals surface area contributed by atoms with Crippen molar-refractivity contribution in [2.75, 3.05) is 18.1 Å². The Morgan fingerprint density at radius 2 is 2.05 bits per heavy atom. The number of aliphatic hydroxyl groups excluding tert-OH is 1. The summed E-state index contributed by atoms with van der Waals surface area (Å²) in [5.74, 6) is -0.492. The Bertz CT molecular complexity index is 495. The fourth-order valence-electron chi connectivity index (χ4n) is 3.01. The molecule has 1 aromatic rings. The van der Waals surface area contributed by atoms with Gasteiger partial charge in [-0.2, -0.15) is 0 Å². The number of hydrogen-bond donors (Lipinski definition) is 1. The molecule has 1 aliphatic rings. The Kier molecular flexibility index (Phi) is 4.76. The maximum absolute atomic E-state index is 13.7. The molecule has 1 N–H and O–H groups in total. The third kappa shape index (κ3) is 3.01. The Morgan fingerprint density at radius 3 is 2.60 bits per heavy atom. The van der Waals surface area contributed by atoms with Gasteiger partial charge in [0, 0.05) is 23.8 Å². The largest absolute Gasteiger partial charge is 0.395 e. The predicted molar refractivity (Wildman–Crippen MR) is 77.8 cm³/mol. The second-order valence-electron chi connectivity index (χ2n) is 5.53. The molecule has 0 radical (unpaired) electrons. The molecule has 3 nitrogen and oxygen atoms in total. The van der Waals surface area contributed by atoms with Crippen molar-refractivity contribution < 1.29 is 14.3 Å². The van der Waals surface area contributed by atoms with E-state index in [0.29, 0.717) is 23.7 Å². The zero-order chi connectivity index (χ0) is 14.7. The molecule has 20 heavy (non-hydrogen) atoms. The molecule has 0 amide bonds. The van der Waals surface area contributed by atoms with Crippen LogP contribution in [0, 0.1) is 12.7 Å². The van der Waals surface area contributed by atoms with E-state index in [1.807, 2.05) is 0 Å². The van der Waals surface area contributed by atoms with E-state index < -0.39 is 0 Å². The average molecular weight is 279 g/mol. The van der Waals surface area contributed by atoms with Crippen molar-refractivity contribution >= 4 is 11.5 Å². The molecule has 0 bridgehead atoms. The van der Waals surface area contributed by atoms with E-state index in [9.17, 15) is 14.3 Å². The van der Waals surface area contributed by atoms with Gasteiger partial charge >= 0.3 is 0 Å². The summed E-state index contributed by atoms with van der Waals surface area (Å²) in [5, 5.41) is 9.31. The fourth-order valence-corrected chi connectivity index (χ4v) is 3.01. The van der Waals surface area contributed by atoms with Gasteiger partial charge in [0.1, 0.15) is 5.82 Å². The van der Waals surface area contributed by atoms with Gasteiger partial charge in [0.05, 0.1) is 6.61 Å². The lowest BCUT2D eigenvalue weighted by Crippen LogP contribution is -2.36. The number of carbonyl (C=O) groups excluding carboxylic acids is 1. The van der Waals surface area contributed by atoms with Gasteiger partial charge in [-0.05, 0) is 44.4 Å². The number of benzene rings is 1. The number of ketones is 1. The van der Waals surface area contributed by atoms with Crippen LogP contribution in [0.1, 0.15) is 48.5 Å². The summed E-state index contributed by atoms with van der Waals surface area (Å²) in [5.41, 5.74) is 1.71. The second-order valence-corrected chi connectivity index (χ2v) is 5.53. The highest BCUT2D eigenvalue weighted by atomic mass is 19.1. The van der Waals surface area contributed by atoms with Crippen LogP contribution in [0.5, 0.6) is 0 Å². The van der Waals surface area contributed by atoms with Gasteiger partial charge in [-0.15, -0.1) is 0 Å². The molecule has 1 aliphatic carbocycles. The van der Waals surface area contributed by atoms with E-state index in [0.717, 1.165) is 18.5 Å². The molecule has 1 fully saturated rings. The van der Waals surface area contributed by atoms with E-state index in [1.165, 1.54) is 25.8 Å². The fraction of sp³-hybridized carbons (Fsp3) is 0.562. The van der Waals surface area contributed by atoms with Gasteiger partial charge in [0.25, 0.3) is 0 Å². The van der Waals surface area contributed by atoms with Crippen LogP contribution in [-0.4, -0.2) is 30.1 Å². The summed E-state index contributed by atoms with van der Waals surface area (Å²) in [6.45, 7) is 3.67. The lowest BCUT2D eigenvalue weighted by atomic mass is 10.0. The average Bonchev–Trinajstić information content (AvgIpc) is 2.92. The Hall–Kier alpha value is -1.42. The number of Topliss-reactive ketones (excluding diaryl/α,β-unsaturated/α-hetero) is 1. The molecule has 0 saturated heterocycles. The quantitative estimate of drug-likeness (QED) is 0.842. The Morgan fingerprint density at radius 1 is 1.40 bits per heavy atom. The van der Waals surface area contributed by atoms with E-state index >= 15 is 0 Å². The minimum absolute atomic E-state index is 0.0320. The summed E-state index contributed by atoms with van der Waals surface area (Å²) in [7, 11) is 0. The smallest absolute Gasteiger partial charge is 0.161 e. The van der Waals surface area contributed by atoms with Gasteiger partial charge in [-0.1, -0.05) is 12.8 Å². The van der Waals surface area contributed by atoms with Crippen LogP contribution in [0.4, 0.5) is 10.1 Å². The van der Waals surface area contributed by atoms with Crippen LogP contribution in [0.15, 0.2) is 12.1 Å². The number of aryl methyl sites for hydroxylation is 1. The maximum Gasteiger partial charge on any atom is 0.161 e. The lowest BCUT2D eigenvalue weighted by molar-refractivity contribution is 0.101. The van der Waals surface area contributed by atoms with E-state index in [4.69, 9.17) is 0 Å². The van der Waals surface area contributed by atoms with Crippen LogP contribution >= 0.6 is 0 Å². The van der Waals surface area contributed by atoms with Gasteiger partial charge in [-0.3, -0.25) is 4.79 Å². The first-order valence-corrected chi connectivity index (χ1v) is 7.23. The number of anilines is 1. The Labute approximate surface area is 119 Å². The van der Waals surface area contributed by atoms with Crippen LogP contribution in [0.25, 0.3) is 0 Å². The van der Waals surface area contributed by atoms with Gasteiger partial charge in [0.15, 0.2) is 5.78 Å². The minimum Gasteiger partial charge on any atom is -0.395 e. The van der Waals surface area contributed by atoms with Crippen molar-refractivity contribution in [2.45, 2.75) is 45.6 Å². The zero-order valence-corrected chi connectivity index (χ0v) is 12.2. The van der Waals surface area contributed by atoms with Crippen LogP contribution in [0.2, 0.25) is 0 Å². The van der Waals surface area contributed by atoms with E-state index in [-0.39, 0.29) is 18.2 Å². The highest BCUT2D eigenvalue weighted by molar-refractivity contribution is 6.00. The molecule has 0 spiro atoms. The van der Waals surface area contributed by atoms with E-state index in [2.05, 4.69) is 4.90 Å². The standard InChI is InChI=1S/C16H22FNO2/c1-11-9-16(14(12(2)20)10-15(11)17)18(7-8-19)13-5-3-4-6-13/h9-10,13,19H,3-8H2,1-2H3. The number of rotatable bonds is 5.